The summed E-state index contributed by atoms with van der Waals surface area (Å²) in [5, 5.41) is 3.46. The predicted octanol–water partition coefficient (Wildman–Crippen LogP) is 2.54. The van der Waals surface area contributed by atoms with Crippen molar-refractivity contribution >= 4 is 23.5 Å². The first-order valence-corrected chi connectivity index (χ1v) is 9.41. The molecule has 0 bridgehead atoms. The highest BCUT2D eigenvalue weighted by Crippen LogP contribution is 2.25. The summed E-state index contributed by atoms with van der Waals surface area (Å²) in [6.07, 6.45) is 10.4. The Hall–Kier alpha value is -2.53. The Bertz CT molecular complexity index is 730. The van der Waals surface area contributed by atoms with E-state index < -0.39 is 11.9 Å². The third-order valence-electron chi connectivity index (χ3n) is 3.54. The number of carbonyl (C=O) groups excluding carboxylic acids is 2. The van der Waals surface area contributed by atoms with Gasteiger partial charge in [-0.05, 0) is 26.8 Å². The van der Waals surface area contributed by atoms with Gasteiger partial charge in [-0.25, -0.2) is 9.59 Å². The van der Waals surface area contributed by atoms with Gasteiger partial charge in [0.2, 0.25) is 0 Å². The molecule has 0 amide bonds. The summed E-state index contributed by atoms with van der Waals surface area (Å²) in [5.74, 6) is 1.34. The van der Waals surface area contributed by atoms with Crippen molar-refractivity contribution < 1.29 is 23.8 Å². The topological polar surface area (TPSA) is 99.9 Å². The van der Waals surface area contributed by atoms with Gasteiger partial charge in [0, 0.05) is 18.7 Å². The van der Waals surface area contributed by atoms with Crippen LogP contribution in [0.2, 0.25) is 0 Å². The highest BCUT2D eigenvalue weighted by atomic mass is 35.5. The Labute approximate surface area is 177 Å². The molecule has 0 aromatic carbocycles. The normalized spacial score (nSPS) is 14.0. The first-order chi connectivity index (χ1) is 13.9. The summed E-state index contributed by atoms with van der Waals surface area (Å²) in [4.78, 5) is 23.8. The molecule has 0 saturated heterocycles. The lowest BCUT2D eigenvalue weighted by Crippen LogP contribution is -2.30. The highest BCUT2D eigenvalue weighted by molar-refractivity contribution is 6.32. The molecule has 0 aromatic rings. The van der Waals surface area contributed by atoms with Gasteiger partial charge in [0.1, 0.15) is 0 Å². The Morgan fingerprint density at radius 2 is 2.03 bits per heavy atom. The molecule has 7 nitrogen and oxygen atoms in total. The van der Waals surface area contributed by atoms with E-state index in [-0.39, 0.29) is 19.6 Å². The number of ether oxygens (including phenoxy) is 3. The molecule has 0 saturated carbocycles. The zero-order chi connectivity index (χ0) is 22.2. The van der Waals surface area contributed by atoms with Crippen LogP contribution < -0.4 is 11.1 Å². The van der Waals surface area contributed by atoms with Crippen LogP contribution in [-0.4, -0.2) is 45.4 Å². The first-order valence-electron chi connectivity index (χ1n) is 9.03. The van der Waals surface area contributed by atoms with Gasteiger partial charge in [-0.2, -0.15) is 0 Å². The average molecular weight is 425 g/mol. The van der Waals surface area contributed by atoms with E-state index in [9.17, 15) is 9.59 Å². The predicted molar refractivity (Wildman–Crippen MR) is 114 cm³/mol. The molecule has 0 radical (unpaired) electrons. The molecule has 1 heterocycles. The molecule has 160 valence electrons. The Morgan fingerprint density at radius 1 is 1.34 bits per heavy atom. The van der Waals surface area contributed by atoms with E-state index in [1.54, 1.807) is 26.0 Å². The van der Waals surface area contributed by atoms with Crippen LogP contribution in [0.5, 0.6) is 0 Å². The van der Waals surface area contributed by atoms with Crippen molar-refractivity contribution in [3.63, 3.8) is 0 Å². The minimum atomic E-state index is -0.469. The van der Waals surface area contributed by atoms with Gasteiger partial charge in [0.15, 0.2) is 0 Å². The van der Waals surface area contributed by atoms with Crippen molar-refractivity contribution in [2.45, 2.75) is 27.2 Å². The Balaban J connectivity index is 0.000000828. The number of methoxy groups -OCH3 is 1. The minimum Gasteiger partial charge on any atom is -0.466 e. The second kappa shape index (κ2) is 15.4. The van der Waals surface area contributed by atoms with Gasteiger partial charge in [-0.3, -0.25) is 0 Å². The SMILES string of the molecule is C#C/C(Cl)=C\C=C/C.CCOC(=O)C1=C(COCCN)NC(C)=C(C(=O)OC)C1. The number of rotatable bonds is 8. The number of nitrogens with two attached hydrogens (primary N) is 1. The number of hydrogen-bond acceptors (Lipinski definition) is 7. The number of terminal acetylenes is 1. The molecule has 0 spiro atoms. The number of hydrogen-bond donors (Lipinski definition) is 2. The third-order valence-corrected chi connectivity index (χ3v) is 3.78. The van der Waals surface area contributed by atoms with Gasteiger partial charge >= 0.3 is 11.9 Å². The third kappa shape index (κ3) is 9.99. The average Bonchev–Trinajstić information content (AvgIpc) is 2.72. The lowest BCUT2D eigenvalue weighted by molar-refractivity contribution is -0.138. The Kier molecular flexibility index (Phi) is 14.1. The maximum atomic E-state index is 12.0. The van der Waals surface area contributed by atoms with Gasteiger partial charge in [0.25, 0.3) is 0 Å². The van der Waals surface area contributed by atoms with Crippen molar-refractivity contribution in [3.8, 4) is 12.3 Å². The molecule has 1 aliphatic heterocycles. The standard InChI is InChI=1S/C14H22N2O5.C7H7Cl/c1-4-21-14(18)11-7-10(13(17)19-3)9(2)16-12(11)8-20-6-5-15;1-3-5-6-7(8)4-2/h16H,4-8,15H2,1-3H3;2-3,5-6H,1H3/b;5-3-,7-6+. The van der Waals surface area contributed by atoms with Gasteiger partial charge in [-0.1, -0.05) is 29.7 Å². The number of halogens is 1. The second-order valence-corrected chi connectivity index (χ2v) is 6.01. The number of nitrogens with one attached hydrogen (secondary N) is 1. The van der Waals surface area contributed by atoms with E-state index in [0.29, 0.717) is 40.7 Å². The molecule has 0 fully saturated rings. The summed E-state index contributed by atoms with van der Waals surface area (Å²) in [5.41, 5.74) is 7.38. The van der Waals surface area contributed by atoms with Crippen LogP contribution in [0.1, 0.15) is 27.2 Å². The van der Waals surface area contributed by atoms with E-state index in [4.69, 9.17) is 38.0 Å². The maximum Gasteiger partial charge on any atom is 0.336 e. The molecule has 0 aliphatic carbocycles. The van der Waals surface area contributed by atoms with Crippen molar-refractivity contribution in [1.29, 1.82) is 0 Å². The molecule has 0 atom stereocenters. The Morgan fingerprint density at radius 3 is 2.55 bits per heavy atom. The molecule has 1 rings (SSSR count). The van der Waals surface area contributed by atoms with Crippen LogP contribution in [0.4, 0.5) is 0 Å². The van der Waals surface area contributed by atoms with Crippen LogP contribution in [0.25, 0.3) is 0 Å². The van der Waals surface area contributed by atoms with Crippen LogP contribution in [-0.2, 0) is 23.8 Å². The zero-order valence-electron chi connectivity index (χ0n) is 17.3. The van der Waals surface area contributed by atoms with Crippen LogP contribution in [0, 0.1) is 12.3 Å². The van der Waals surface area contributed by atoms with Crippen LogP contribution >= 0.6 is 11.6 Å². The molecule has 8 heteroatoms. The van der Waals surface area contributed by atoms with E-state index in [1.807, 2.05) is 13.0 Å². The van der Waals surface area contributed by atoms with E-state index in [1.165, 1.54) is 7.11 Å². The lowest BCUT2D eigenvalue weighted by atomic mass is 9.98. The van der Waals surface area contributed by atoms with Gasteiger partial charge < -0.3 is 25.3 Å². The summed E-state index contributed by atoms with van der Waals surface area (Å²) in [6, 6.07) is 0. The number of dihydropyridines is 1. The zero-order valence-corrected chi connectivity index (χ0v) is 18.1. The summed E-state index contributed by atoms with van der Waals surface area (Å²) >= 11 is 5.42. The lowest BCUT2D eigenvalue weighted by Gasteiger charge is -2.24. The number of esters is 2. The van der Waals surface area contributed by atoms with E-state index >= 15 is 0 Å². The minimum absolute atomic E-state index is 0.158. The van der Waals surface area contributed by atoms with Crippen LogP contribution in [0.15, 0.2) is 45.8 Å². The summed E-state index contributed by atoms with van der Waals surface area (Å²) in [6.45, 7) is 6.61. The largest absolute Gasteiger partial charge is 0.466 e. The van der Waals surface area contributed by atoms with Crippen molar-refractivity contribution in [2.24, 2.45) is 5.73 Å². The smallest absolute Gasteiger partial charge is 0.336 e. The molecule has 0 unspecified atom stereocenters. The van der Waals surface area contributed by atoms with E-state index in [0.717, 1.165) is 0 Å². The van der Waals surface area contributed by atoms with Crippen molar-refractivity contribution in [2.75, 3.05) is 33.5 Å². The second-order valence-electron chi connectivity index (χ2n) is 5.60. The molecule has 29 heavy (non-hydrogen) atoms. The fraction of sp³-hybridized carbons (Fsp3) is 0.429. The molecule has 3 N–H and O–H groups in total. The number of allylic oxidation sites excluding steroid dienone is 5. The number of carbonyl (C=O) groups is 2. The van der Waals surface area contributed by atoms with Crippen LogP contribution in [0.3, 0.4) is 0 Å². The highest BCUT2D eigenvalue weighted by Gasteiger charge is 2.28. The molecular formula is C21H29ClN2O5. The first kappa shape index (κ1) is 26.5. The van der Waals surface area contributed by atoms with Crippen molar-refractivity contribution in [3.05, 3.63) is 45.8 Å². The summed E-state index contributed by atoms with van der Waals surface area (Å²) < 4.78 is 15.1. The van der Waals surface area contributed by atoms with Gasteiger partial charge in [0.05, 0.1) is 48.8 Å². The van der Waals surface area contributed by atoms with E-state index in [2.05, 4.69) is 11.2 Å². The fourth-order valence-corrected chi connectivity index (χ4v) is 2.24. The monoisotopic (exact) mass is 424 g/mol. The fourth-order valence-electron chi connectivity index (χ4n) is 2.16. The maximum absolute atomic E-state index is 12.0. The molecular weight excluding hydrogens is 396 g/mol. The van der Waals surface area contributed by atoms with Gasteiger partial charge in [-0.15, -0.1) is 6.42 Å². The summed E-state index contributed by atoms with van der Waals surface area (Å²) in [7, 11) is 1.30. The molecule has 0 aromatic heterocycles. The van der Waals surface area contributed by atoms with Crippen molar-refractivity contribution in [1.82, 2.24) is 5.32 Å². The molecule has 1 aliphatic rings. The quantitative estimate of drug-likeness (QED) is 0.267.